The fourth-order valence-electron chi connectivity index (χ4n) is 3.60. The molecule has 0 aliphatic carbocycles. The Morgan fingerprint density at radius 3 is 1.35 bits per heavy atom. The normalized spacial score (nSPS) is 11.8. The van der Waals surface area contributed by atoms with E-state index in [4.69, 9.17) is 0 Å². The number of anilines is 2. The monoisotopic (exact) mass is 376 g/mol. The maximum Gasteiger partial charge on any atom is 0.0916 e. The second kappa shape index (κ2) is 5.60. The Hall–Kier alpha value is -2.30. The molecule has 130 valence electrons. The van der Waals surface area contributed by atoms with E-state index in [-0.39, 0.29) is 0 Å². The van der Waals surface area contributed by atoms with Gasteiger partial charge in [-0.3, -0.25) is 0 Å². The van der Waals surface area contributed by atoms with E-state index in [1.54, 1.807) is 0 Å². The Balaban J connectivity index is 1.85. The number of thiophene rings is 2. The minimum Gasteiger partial charge on any atom is -0.370 e. The van der Waals surface area contributed by atoms with Crippen LogP contribution in [0.4, 0.5) is 10.0 Å². The number of benzene rings is 3. The number of fused-ring (bicyclic) bond motifs is 6. The molecular weight excluding hydrogens is 356 g/mol. The summed E-state index contributed by atoms with van der Waals surface area (Å²) in [5.74, 6) is 0. The number of hydrogen-bond donors (Lipinski definition) is 0. The van der Waals surface area contributed by atoms with Crippen LogP contribution < -0.4 is 9.80 Å². The second-order valence-electron chi connectivity index (χ2n) is 7.21. The van der Waals surface area contributed by atoms with Gasteiger partial charge in [0, 0.05) is 48.4 Å². The van der Waals surface area contributed by atoms with Crippen molar-refractivity contribution in [1.82, 2.24) is 0 Å². The molecule has 3 aromatic carbocycles. The van der Waals surface area contributed by atoms with Crippen molar-refractivity contribution in [3.8, 4) is 0 Å². The Kier molecular flexibility index (Phi) is 3.43. The zero-order chi connectivity index (χ0) is 18.0. The Bertz CT molecular complexity index is 1190. The van der Waals surface area contributed by atoms with Crippen molar-refractivity contribution < 1.29 is 0 Å². The smallest absolute Gasteiger partial charge is 0.0916 e. The zero-order valence-corrected chi connectivity index (χ0v) is 17.0. The van der Waals surface area contributed by atoms with Gasteiger partial charge in [-0.1, -0.05) is 12.1 Å². The van der Waals surface area contributed by atoms with Crippen molar-refractivity contribution in [3.05, 3.63) is 48.5 Å². The standard InChI is InChI=1S/C22H20N2S2/c1-23(2)21-11-17-15-9-14-6-8-20-18(12-22(26-20)24(3)4)16(14)10-13(15)5-7-19(17)25-21/h5-12H,1-4H3. The molecule has 0 saturated carbocycles. The summed E-state index contributed by atoms with van der Waals surface area (Å²) in [6.45, 7) is 0. The van der Waals surface area contributed by atoms with Crippen molar-refractivity contribution in [2.75, 3.05) is 38.0 Å². The molecule has 0 saturated heterocycles. The predicted molar refractivity (Wildman–Crippen MR) is 121 cm³/mol. The van der Waals surface area contributed by atoms with Gasteiger partial charge in [-0.25, -0.2) is 0 Å². The van der Waals surface area contributed by atoms with Crippen LogP contribution in [0.1, 0.15) is 0 Å². The molecule has 0 aliphatic heterocycles. The first kappa shape index (κ1) is 15.9. The maximum absolute atomic E-state index is 2.37. The van der Waals surface area contributed by atoms with E-state index in [2.05, 4.69) is 86.5 Å². The van der Waals surface area contributed by atoms with E-state index in [0.29, 0.717) is 0 Å². The van der Waals surface area contributed by atoms with Gasteiger partial charge in [0.2, 0.25) is 0 Å². The summed E-state index contributed by atoms with van der Waals surface area (Å²) in [5, 5.41) is 10.7. The van der Waals surface area contributed by atoms with Crippen molar-refractivity contribution in [1.29, 1.82) is 0 Å². The largest absolute Gasteiger partial charge is 0.370 e. The Morgan fingerprint density at radius 2 is 0.962 bits per heavy atom. The topological polar surface area (TPSA) is 6.48 Å². The molecule has 4 heteroatoms. The third kappa shape index (κ3) is 2.29. The third-order valence-electron chi connectivity index (χ3n) is 5.01. The van der Waals surface area contributed by atoms with E-state index in [0.717, 1.165) is 0 Å². The van der Waals surface area contributed by atoms with Crippen LogP contribution in [0.15, 0.2) is 48.5 Å². The first-order valence-corrected chi connectivity index (χ1v) is 10.3. The summed E-state index contributed by atoms with van der Waals surface area (Å²) in [4.78, 5) is 4.38. The first-order valence-electron chi connectivity index (χ1n) is 8.68. The average Bonchev–Trinajstić information content (AvgIpc) is 3.24. The lowest BCUT2D eigenvalue weighted by molar-refractivity contribution is 1.16. The van der Waals surface area contributed by atoms with Crippen LogP contribution in [-0.4, -0.2) is 28.2 Å². The van der Waals surface area contributed by atoms with Crippen LogP contribution >= 0.6 is 22.7 Å². The zero-order valence-electron chi connectivity index (χ0n) is 15.3. The quantitative estimate of drug-likeness (QED) is 0.322. The Labute approximate surface area is 160 Å². The maximum atomic E-state index is 2.37. The molecule has 2 nitrogen and oxygen atoms in total. The van der Waals surface area contributed by atoms with E-state index in [1.807, 2.05) is 22.7 Å². The number of hydrogen-bond acceptors (Lipinski definition) is 4. The molecule has 0 fully saturated rings. The second-order valence-corrected chi connectivity index (χ2v) is 9.33. The van der Waals surface area contributed by atoms with E-state index in [9.17, 15) is 0 Å². The van der Waals surface area contributed by atoms with Gasteiger partial charge in [-0.2, -0.15) is 0 Å². The molecule has 0 N–H and O–H groups in total. The van der Waals surface area contributed by atoms with Crippen LogP contribution in [0.3, 0.4) is 0 Å². The lowest BCUT2D eigenvalue weighted by Gasteiger charge is -2.07. The summed E-state index contributed by atoms with van der Waals surface area (Å²) in [7, 11) is 8.44. The SMILES string of the molecule is CN(C)c1cc2c(ccc3cc4c(ccc5sc(N(C)C)cc54)cc32)s1. The van der Waals surface area contributed by atoms with Gasteiger partial charge in [-0.15, -0.1) is 22.7 Å². The Morgan fingerprint density at radius 1 is 0.538 bits per heavy atom. The molecule has 5 aromatic rings. The van der Waals surface area contributed by atoms with Crippen LogP contribution in [0.2, 0.25) is 0 Å². The van der Waals surface area contributed by atoms with E-state index < -0.39 is 0 Å². The molecule has 5 rings (SSSR count). The molecule has 2 heterocycles. The molecular formula is C22H20N2S2. The van der Waals surface area contributed by atoms with Gasteiger partial charge in [-0.05, 0) is 57.9 Å². The first-order chi connectivity index (χ1) is 12.5. The lowest BCUT2D eigenvalue weighted by Crippen LogP contribution is -2.05. The fraction of sp³-hybridized carbons (Fsp3) is 0.182. The molecule has 26 heavy (non-hydrogen) atoms. The van der Waals surface area contributed by atoms with Gasteiger partial charge < -0.3 is 9.80 Å². The molecule has 0 bridgehead atoms. The van der Waals surface area contributed by atoms with E-state index in [1.165, 1.54) is 51.7 Å². The molecule has 0 aliphatic rings. The van der Waals surface area contributed by atoms with Gasteiger partial charge >= 0.3 is 0 Å². The van der Waals surface area contributed by atoms with Gasteiger partial charge in [0.15, 0.2) is 0 Å². The van der Waals surface area contributed by atoms with Gasteiger partial charge in [0.25, 0.3) is 0 Å². The van der Waals surface area contributed by atoms with Crippen LogP contribution in [-0.2, 0) is 0 Å². The van der Waals surface area contributed by atoms with Crippen molar-refractivity contribution in [2.45, 2.75) is 0 Å². The molecule has 2 aromatic heterocycles. The highest BCUT2D eigenvalue weighted by molar-refractivity contribution is 7.23. The summed E-state index contributed by atoms with van der Waals surface area (Å²) in [6, 6.07) is 18.4. The summed E-state index contributed by atoms with van der Waals surface area (Å²) >= 11 is 3.71. The van der Waals surface area contributed by atoms with Gasteiger partial charge in [0.05, 0.1) is 10.0 Å². The predicted octanol–water partition coefficient (Wildman–Crippen LogP) is 6.55. The molecule has 0 radical (unpaired) electrons. The molecule has 0 unspecified atom stereocenters. The minimum atomic E-state index is 1.30. The molecule has 0 atom stereocenters. The third-order valence-corrected chi connectivity index (χ3v) is 7.54. The fourth-order valence-corrected chi connectivity index (χ4v) is 5.60. The molecule has 0 spiro atoms. The highest BCUT2D eigenvalue weighted by atomic mass is 32.1. The number of rotatable bonds is 2. The summed E-state index contributed by atoms with van der Waals surface area (Å²) in [5.41, 5.74) is 0. The minimum absolute atomic E-state index is 1.30. The lowest BCUT2D eigenvalue weighted by atomic mass is 9.99. The van der Waals surface area contributed by atoms with Crippen LogP contribution in [0, 0.1) is 0 Å². The van der Waals surface area contributed by atoms with E-state index >= 15 is 0 Å². The van der Waals surface area contributed by atoms with Gasteiger partial charge in [0.1, 0.15) is 0 Å². The number of nitrogens with zero attached hydrogens (tertiary/aromatic N) is 2. The average molecular weight is 377 g/mol. The summed E-state index contributed by atoms with van der Waals surface area (Å²) in [6.07, 6.45) is 0. The summed E-state index contributed by atoms with van der Waals surface area (Å²) < 4.78 is 2.71. The van der Waals surface area contributed by atoms with Crippen molar-refractivity contribution >= 4 is 74.4 Å². The molecule has 0 amide bonds. The van der Waals surface area contributed by atoms with Crippen LogP contribution in [0.5, 0.6) is 0 Å². The highest BCUT2D eigenvalue weighted by Crippen LogP contribution is 2.40. The van der Waals surface area contributed by atoms with Crippen LogP contribution in [0.25, 0.3) is 41.7 Å². The van der Waals surface area contributed by atoms with Crippen molar-refractivity contribution in [2.24, 2.45) is 0 Å². The van der Waals surface area contributed by atoms with Crippen molar-refractivity contribution in [3.63, 3.8) is 0 Å². The highest BCUT2D eigenvalue weighted by Gasteiger charge is 2.11.